The van der Waals surface area contributed by atoms with Crippen LogP contribution >= 0.6 is 0 Å². The summed E-state index contributed by atoms with van der Waals surface area (Å²) in [5, 5.41) is 0. The maximum absolute atomic E-state index is 5.70. The van der Waals surface area contributed by atoms with E-state index >= 15 is 0 Å². The Morgan fingerprint density at radius 3 is 2.58 bits per heavy atom. The number of anilines is 1. The zero-order chi connectivity index (χ0) is 13.5. The van der Waals surface area contributed by atoms with Gasteiger partial charge in [-0.05, 0) is 56.5 Å². The summed E-state index contributed by atoms with van der Waals surface area (Å²) >= 11 is 0. The molecule has 1 fully saturated rings. The second kappa shape index (κ2) is 7.39. The van der Waals surface area contributed by atoms with E-state index < -0.39 is 0 Å². The van der Waals surface area contributed by atoms with Crippen LogP contribution in [-0.4, -0.2) is 31.6 Å². The summed E-state index contributed by atoms with van der Waals surface area (Å²) in [6.45, 7) is 3.15. The van der Waals surface area contributed by atoms with E-state index in [0.717, 1.165) is 36.9 Å². The highest BCUT2D eigenvalue weighted by Crippen LogP contribution is 2.25. The molecular weight excluding hydrogens is 236 g/mol. The standard InChI is InChI=1S/C16H26N2O/c1-18(13-14-5-2-3-6-14)11-4-12-19-16-9-7-15(17)8-10-16/h7-10,14H,2-6,11-13,17H2,1H3. The van der Waals surface area contributed by atoms with E-state index in [1.165, 1.54) is 32.2 Å². The molecule has 2 N–H and O–H groups in total. The zero-order valence-corrected chi connectivity index (χ0v) is 12.0. The van der Waals surface area contributed by atoms with Gasteiger partial charge in [0.2, 0.25) is 0 Å². The summed E-state index contributed by atoms with van der Waals surface area (Å²) < 4.78 is 5.70. The Bertz CT molecular complexity index is 358. The Kier molecular flexibility index (Phi) is 5.52. The van der Waals surface area contributed by atoms with Crippen molar-refractivity contribution >= 4 is 5.69 Å². The van der Waals surface area contributed by atoms with Crippen molar-refractivity contribution in [3.8, 4) is 5.75 Å². The van der Waals surface area contributed by atoms with Crippen molar-refractivity contribution in [2.75, 3.05) is 32.5 Å². The molecule has 1 saturated carbocycles. The number of nitrogens with two attached hydrogens (primary N) is 1. The number of benzene rings is 1. The minimum Gasteiger partial charge on any atom is -0.494 e. The predicted molar refractivity (Wildman–Crippen MR) is 80.4 cm³/mol. The van der Waals surface area contributed by atoms with Crippen molar-refractivity contribution in [1.29, 1.82) is 0 Å². The van der Waals surface area contributed by atoms with E-state index in [9.17, 15) is 0 Å². The maximum Gasteiger partial charge on any atom is 0.119 e. The first kappa shape index (κ1) is 14.2. The molecule has 0 spiro atoms. The third-order valence-electron chi connectivity index (χ3n) is 3.88. The predicted octanol–water partition coefficient (Wildman–Crippen LogP) is 3.16. The molecule has 1 aromatic carbocycles. The molecule has 1 aromatic rings. The van der Waals surface area contributed by atoms with Crippen LogP contribution in [0.1, 0.15) is 32.1 Å². The first-order valence-electron chi connectivity index (χ1n) is 7.41. The van der Waals surface area contributed by atoms with Gasteiger partial charge in [-0.2, -0.15) is 0 Å². The van der Waals surface area contributed by atoms with Crippen LogP contribution in [0.2, 0.25) is 0 Å². The zero-order valence-electron chi connectivity index (χ0n) is 12.0. The van der Waals surface area contributed by atoms with Gasteiger partial charge in [-0.1, -0.05) is 12.8 Å². The van der Waals surface area contributed by atoms with Crippen molar-refractivity contribution in [2.45, 2.75) is 32.1 Å². The number of ether oxygens (including phenoxy) is 1. The average molecular weight is 262 g/mol. The van der Waals surface area contributed by atoms with Crippen LogP contribution in [0, 0.1) is 5.92 Å². The summed E-state index contributed by atoms with van der Waals surface area (Å²) in [5.41, 5.74) is 6.42. The smallest absolute Gasteiger partial charge is 0.119 e. The molecule has 0 bridgehead atoms. The van der Waals surface area contributed by atoms with Crippen LogP contribution in [0.25, 0.3) is 0 Å². The van der Waals surface area contributed by atoms with Crippen molar-refractivity contribution in [2.24, 2.45) is 5.92 Å². The van der Waals surface area contributed by atoms with Crippen LogP contribution < -0.4 is 10.5 Å². The molecule has 0 saturated heterocycles. The van der Waals surface area contributed by atoms with Gasteiger partial charge in [-0.15, -0.1) is 0 Å². The van der Waals surface area contributed by atoms with Crippen LogP contribution in [0.4, 0.5) is 5.69 Å². The summed E-state index contributed by atoms with van der Waals surface area (Å²) in [7, 11) is 2.22. The highest BCUT2D eigenvalue weighted by Gasteiger charge is 2.16. The van der Waals surface area contributed by atoms with E-state index in [1.54, 1.807) is 0 Å². The van der Waals surface area contributed by atoms with Crippen LogP contribution in [0.3, 0.4) is 0 Å². The second-order valence-corrected chi connectivity index (χ2v) is 5.68. The maximum atomic E-state index is 5.70. The quantitative estimate of drug-likeness (QED) is 0.606. The van der Waals surface area contributed by atoms with Crippen molar-refractivity contribution < 1.29 is 4.74 Å². The Morgan fingerprint density at radius 2 is 1.89 bits per heavy atom. The van der Waals surface area contributed by atoms with E-state index in [-0.39, 0.29) is 0 Å². The molecule has 0 atom stereocenters. The van der Waals surface area contributed by atoms with Crippen molar-refractivity contribution in [3.63, 3.8) is 0 Å². The molecule has 19 heavy (non-hydrogen) atoms. The number of hydrogen-bond acceptors (Lipinski definition) is 3. The Balaban J connectivity index is 1.57. The van der Waals surface area contributed by atoms with Crippen molar-refractivity contribution in [3.05, 3.63) is 24.3 Å². The molecule has 0 radical (unpaired) electrons. The molecule has 0 amide bonds. The van der Waals surface area contributed by atoms with Gasteiger partial charge in [0.25, 0.3) is 0 Å². The van der Waals surface area contributed by atoms with Crippen molar-refractivity contribution in [1.82, 2.24) is 4.90 Å². The normalized spacial score (nSPS) is 16.1. The number of rotatable bonds is 7. The molecule has 106 valence electrons. The molecule has 2 rings (SSSR count). The largest absolute Gasteiger partial charge is 0.494 e. The van der Waals surface area contributed by atoms with Gasteiger partial charge in [0, 0.05) is 18.8 Å². The summed E-state index contributed by atoms with van der Waals surface area (Å²) in [4.78, 5) is 2.45. The van der Waals surface area contributed by atoms with Gasteiger partial charge in [-0.25, -0.2) is 0 Å². The first-order chi connectivity index (χ1) is 9.24. The van der Waals surface area contributed by atoms with Crippen LogP contribution in [0.15, 0.2) is 24.3 Å². The molecule has 3 heteroatoms. The molecular formula is C16H26N2O. The molecule has 1 aliphatic carbocycles. The summed E-state index contributed by atoms with van der Waals surface area (Å²) in [6, 6.07) is 7.61. The van der Waals surface area contributed by atoms with E-state index in [4.69, 9.17) is 10.5 Å². The average Bonchev–Trinajstić information content (AvgIpc) is 2.89. The lowest BCUT2D eigenvalue weighted by Crippen LogP contribution is -2.26. The Hall–Kier alpha value is -1.22. The highest BCUT2D eigenvalue weighted by atomic mass is 16.5. The molecule has 0 aromatic heterocycles. The minimum absolute atomic E-state index is 0.777. The third-order valence-corrected chi connectivity index (χ3v) is 3.88. The van der Waals surface area contributed by atoms with Gasteiger partial charge >= 0.3 is 0 Å². The van der Waals surface area contributed by atoms with E-state index in [2.05, 4.69) is 11.9 Å². The summed E-state index contributed by atoms with van der Waals surface area (Å²) in [6.07, 6.45) is 6.78. The molecule has 1 aliphatic rings. The number of hydrogen-bond donors (Lipinski definition) is 1. The van der Waals surface area contributed by atoms with Gasteiger partial charge in [0.1, 0.15) is 5.75 Å². The fourth-order valence-electron chi connectivity index (χ4n) is 2.81. The van der Waals surface area contributed by atoms with Gasteiger partial charge in [0.15, 0.2) is 0 Å². The molecule has 0 unspecified atom stereocenters. The molecule has 0 heterocycles. The second-order valence-electron chi connectivity index (χ2n) is 5.68. The molecule has 3 nitrogen and oxygen atoms in total. The fraction of sp³-hybridized carbons (Fsp3) is 0.625. The monoisotopic (exact) mass is 262 g/mol. The lowest BCUT2D eigenvalue weighted by atomic mass is 10.1. The molecule has 0 aliphatic heterocycles. The van der Waals surface area contributed by atoms with Gasteiger partial charge < -0.3 is 15.4 Å². The Morgan fingerprint density at radius 1 is 1.21 bits per heavy atom. The van der Waals surface area contributed by atoms with Crippen LogP contribution in [-0.2, 0) is 0 Å². The number of nitrogen functional groups attached to an aromatic ring is 1. The SMILES string of the molecule is CN(CCCOc1ccc(N)cc1)CC1CCCC1. The minimum atomic E-state index is 0.777. The van der Waals surface area contributed by atoms with Gasteiger partial charge in [-0.3, -0.25) is 0 Å². The highest BCUT2D eigenvalue weighted by molar-refractivity contribution is 5.41. The topological polar surface area (TPSA) is 38.5 Å². The fourth-order valence-corrected chi connectivity index (χ4v) is 2.81. The lowest BCUT2D eigenvalue weighted by Gasteiger charge is -2.20. The van der Waals surface area contributed by atoms with Crippen LogP contribution in [0.5, 0.6) is 5.75 Å². The Labute approximate surface area is 116 Å². The van der Waals surface area contributed by atoms with E-state index in [1.807, 2.05) is 24.3 Å². The summed E-state index contributed by atoms with van der Waals surface area (Å²) in [5.74, 6) is 1.84. The third kappa shape index (κ3) is 5.11. The van der Waals surface area contributed by atoms with E-state index in [0.29, 0.717) is 0 Å². The first-order valence-corrected chi connectivity index (χ1v) is 7.41. The van der Waals surface area contributed by atoms with Gasteiger partial charge in [0.05, 0.1) is 6.61 Å². The lowest BCUT2D eigenvalue weighted by molar-refractivity contribution is 0.239. The number of nitrogens with zero attached hydrogens (tertiary/aromatic N) is 1.